The highest BCUT2D eigenvalue weighted by atomic mass is 19.1. The molecule has 1 aliphatic rings. The third-order valence-electron chi connectivity index (χ3n) is 3.18. The summed E-state index contributed by atoms with van der Waals surface area (Å²) in [7, 11) is 0. The van der Waals surface area contributed by atoms with E-state index in [0.29, 0.717) is 18.6 Å². The highest BCUT2D eigenvalue weighted by Gasteiger charge is 2.37. The van der Waals surface area contributed by atoms with Gasteiger partial charge in [0.1, 0.15) is 5.82 Å². The minimum Gasteiger partial charge on any atom is -0.272 e. The van der Waals surface area contributed by atoms with Gasteiger partial charge in [0.2, 0.25) is 0 Å². The van der Waals surface area contributed by atoms with Gasteiger partial charge in [-0.2, -0.15) is 5.26 Å². The standard InChI is InChI=1S/C15H17FN2O2/c1-15(2,3)14(19)18-13(4-5-20-18)11-6-10(9-17)7-12(16)8-11/h6-8,13H,4-5H2,1-3H3/t13-/m0/s1. The van der Waals surface area contributed by atoms with Gasteiger partial charge in [-0.1, -0.05) is 20.8 Å². The van der Waals surface area contributed by atoms with Crippen LogP contribution in [0.4, 0.5) is 4.39 Å². The van der Waals surface area contributed by atoms with Crippen molar-refractivity contribution in [1.29, 1.82) is 5.26 Å². The third-order valence-corrected chi connectivity index (χ3v) is 3.18. The lowest BCUT2D eigenvalue weighted by Gasteiger charge is -2.29. The molecule has 0 bridgehead atoms. The van der Waals surface area contributed by atoms with E-state index in [0.717, 1.165) is 0 Å². The summed E-state index contributed by atoms with van der Waals surface area (Å²) in [5.74, 6) is -0.628. The van der Waals surface area contributed by atoms with E-state index in [2.05, 4.69) is 0 Å². The minimum absolute atomic E-state index is 0.150. The van der Waals surface area contributed by atoms with Gasteiger partial charge in [0.15, 0.2) is 0 Å². The molecular formula is C15H17FN2O2. The van der Waals surface area contributed by atoms with Crippen LogP contribution < -0.4 is 0 Å². The van der Waals surface area contributed by atoms with E-state index in [4.69, 9.17) is 10.1 Å². The van der Waals surface area contributed by atoms with Crippen LogP contribution in [0.1, 0.15) is 44.4 Å². The SMILES string of the molecule is CC(C)(C)C(=O)N1OCC[C@H]1c1cc(F)cc(C#N)c1. The predicted molar refractivity (Wildman–Crippen MR) is 70.7 cm³/mol. The van der Waals surface area contributed by atoms with E-state index in [1.807, 2.05) is 6.07 Å². The number of amides is 1. The van der Waals surface area contributed by atoms with Crippen molar-refractivity contribution in [3.8, 4) is 6.07 Å². The zero-order valence-corrected chi connectivity index (χ0v) is 11.8. The first kappa shape index (κ1) is 14.5. The van der Waals surface area contributed by atoms with Gasteiger partial charge in [0.05, 0.1) is 24.3 Å². The Hall–Kier alpha value is -1.93. The first-order valence-electron chi connectivity index (χ1n) is 6.50. The normalized spacial score (nSPS) is 18.9. The highest BCUT2D eigenvalue weighted by molar-refractivity contribution is 5.81. The molecule has 1 heterocycles. The molecule has 0 spiro atoms. The van der Waals surface area contributed by atoms with Gasteiger partial charge in [0, 0.05) is 11.8 Å². The summed E-state index contributed by atoms with van der Waals surface area (Å²) in [6.45, 7) is 5.83. The zero-order chi connectivity index (χ0) is 14.9. The van der Waals surface area contributed by atoms with E-state index < -0.39 is 11.2 Å². The van der Waals surface area contributed by atoms with Gasteiger partial charge in [-0.15, -0.1) is 0 Å². The molecule has 0 radical (unpaired) electrons. The molecular weight excluding hydrogens is 259 g/mol. The maximum Gasteiger partial charge on any atom is 0.252 e. The van der Waals surface area contributed by atoms with Gasteiger partial charge in [-0.05, 0) is 23.8 Å². The molecule has 1 aromatic carbocycles. The maximum absolute atomic E-state index is 13.5. The molecule has 1 saturated heterocycles. The Morgan fingerprint density at radius 2 is 2.15 bits per heavy atom. The van der Waals surface area contributed by atoms with E-state index in [1.165, 1.54) is 17.2 Å². The molecule has 1 aromatic rings. The molecule has 2 rings (SSSR count). The Labute approximate surface area is 117 Å². The van der Waals surface area contributed by atoms with Crippen LogP contribution in [0.3, 0.4) is 0 Å². The number of hydrogen-bond acceptors (Lipinski definition) is 3. The lowest BCUT2D eigenvalue weighted by molar-refractivity contribution is -0.186. The van der Waals surface area contributed by atoms with Crippen LogP contribution in [0.2, 0.25) is 0 Å². The van der Waals surface area contributed by atoms with E-state index in [1.54, 1.807) is 26.8 Å². The summed E-state index contributed by atoms with van der Waals surface area (Å²) in [5, 5.41) is 10.2. The van der Waals surface area contributed by atoms with Gasteiger partial charge >= 0.3 is 0 Å². The van der Waals surface area contributed by atoms with Crippen molar-refractivity contribution in [2.24, 2.45) is 5.41 Å². The van der Waals surface area contributed by atoms with E-state index >= 15 is 0 Å². The Kier molecular flexibility index (Phi) is 3.78. The number of carbonyl (C=O) groups excluding carboxylic acids is 1. The Balaban J connectivity index is 2.35. The Bertz CT molecular complexity index is 572. The number of hydrogen-bond donors (Lipinski definition) is 0. The number of benzene rings is 1. The molecule has 106 valence electrons. The van der Waals surface area contributed by atoms with Crippen molar-refractivity contribution < 1.29 is 14.0 Å². The largest absolute Gasteiger partial charge is 0.272 e. The van der Waals surface area contributed by atoms with Gasteiger partial charge < -0.3 is 0 Å². The molecule has 1 atom stereocenters. The number of halogens is 1. The monoisotopic (exact) mass is 276 g/mol. The molecule has 0 N–H and O–H groups in total. The number of nitrogens with zero attached hydrogens (tertiary/aromatic N) is 2. The first-order valence-corrected chi connectivity index (χ1v) is 6.50. The molecule has 0 aliphatic carbocycles. The van der Waals surface area contributed by atoms with Crippen LogP contribution in [0, 0.1) is 22.6 Å². The quantitative estimate of drug-likeness (QED) is 0.792. The van der Waals surface area contributed by atoms with Gasteiger partial charge in [-0.25, -0.2) is 9.45 Å². The van der Waals surface area contributed by atoms with Crippen molar-refractivity contribution in [3.05, 3.63) is 35.1 Å². The minimum atomic E-state index is -0.575. The van der Waals surface area contributed by atoms with Crippen molar-refractivity contribution in [2.75, 3.05) is 6.61 Å². The fourth-order valence-electron chi connectivity index (χ4n) is 2.17. The maximum atomic E-state index is 13.5. The smallest absolute Gasteiger partial charge is 0.252 e. The van der Waals surface area contributed by atoms with E-state index in [9.17, 15) is 9.18 Å². The second-order valence-corrected chi connectivity index (χ2v) is 5.90. The molecule has 1 fully saturated rings. The third kappa shape index (κ3) is 2.81. The van der Waals surface area contributed by atoms with Crippen LogP contribution >= 0.6 is 0 Å². The van der Waals surface area contributed by atoms with Crippen molar-refractivity contribution in [2.45, 2.75) is 33.2 Å². The van der Waals surface area contributed by atoms with Crippen LogP contribution in [0.5, 0.6) is 0 Å². The molecule has 20 heavy (non-hydrogen) atoms. The van der Waals surface area contributed by atoms with Gasteiger partial charge in [-0.3, -0.25) is 9.63 Å². The average Bonchev–Trinajstić information content (AvgIpc) is 2.84. The summed E-state index contributed by atoms with van der Waals surface area (Å²) >= 11 is 0. The number of nitriles is 1. The van der Waals surface area contributed by atoms with Crippen LogP contribution in [0.15, 0.2) is 18.2 Å². The molecule has 5 heteroatoms. The molecule has 0 aromatic heterocycles. The second-order valence-electron chi connectivity index (χ2n) is 5.90. The first-order chi connectivity index (χ1) is 9.32. The lowest BCUT2D eigenvalue weighted by Crippen LogP contribution is -2.38. The summed E-state index contributed by atoms with van der Waals surface area (Å²) in [5.41, 5.74) is 0.264. The molecule has 4 nitrogen and oxygen atoms in total. The van der Waals surface area contributed by atoms with Crippen LogP contribution in [-0.4, -0.2) is 17.6 Å². The Morgan fingerprint density at radius 1 is 1.45 bits per heavy atom. The van der Waals surface area contributed by atoms with Crippen molar-refractivity contribution >= 4 is 5.91 Å². The predicted octanol–water partition coefficient (Wildman–Crippen LogP) is 2.95. The van der Waals surface area contributed by atoms with Crippen LogP contribution in [0.25, 0.3) is 0 Å². The molecule has 0 unspecified atom stereocenters. The Morgan fingerprint density at radius 3 is 2.75 bits per heavy atom. The number of rotatable bonds is 1. The fraction of sp³-hybridized carbons (Fsp3) is 0.467. The second kappa shape index (κ2) is 5.22. The number of hydroxylamine groups is 2. The summed E-state index contributed by atoms with van der Waals surface area (Å²) in [6, 6.07) is 5.71. The van der Waals surface area contributed by atoms with E-state index in [-0.39, 0.29) is 17.5 Å². The van der Waals surface area contributed by atoms with Crippen molar-refractivity contribution in [3.63, 3.8) is 0 Å². The highest BCUT2D eigenvalue weighted by Crippen LogP contribution is 2.34. The average molecular weight is 276 g/mol. The van der Waals surface area contributed by atoms with Crippen molar-refractivity contribution in [1.82, 2.24) is 5.06 Å². The lowest BCUT2D eigenvalue weighted by atomic mass is 9.93. The zero-order valence-electron chi connectivity index (χ0n) is 11.8. The number of carbonyl (C=O) groups is 1. The summed E-state index contributed by atoms with van der Waals surface area (Å²) < 4.78 is 13.5. The fourth-order valence-corrected chi connectivity index (χ4v) is 2.17. The topological polar surface area (TPSA) is 53.3 Å². The molecule has 1 aliphatic heterocycles. The summed E-state index contributed by atoms with van der Waals surface area (Å²) in [6.07, 6.45) is 0.593. The van der Waals surface area contributed by atoms with Gasteiger partial charge in [0.25, 0.3) is 5.91 Å². The molecule has 1 amide bonds. The summed E-state index contributed by atoms with van der Waals surface area (Å²) in [4.78, 5) is 17.7. The van der Waals surface area contributed by atoms with Crippen LogP contribution in [-0.2, 0) is 9.63 Å². The molecule has 0 saturated carbocycles.